The molecule has 8 nitrogen and oxygen atoms in total. The van der Waals surface area contributed by atoms with Gasteiger partial charge >= 0.3 is 5.97 Å². The second kappa shape index (κ2) is 11.7. The number of unbranched alkanes of at least 4 members (excludes halogenated alkanes) is 1. The van der Waals surface area contributed by atoms with E-state index in [1.165, 1.54) is 0 Å². The maximum absolute atomic E-state index is 13.0. The quantitative estimate of drug-likeness (QED) is 0.270. The number of hydrogen-bond donors (Lipinski definition) is 3. The topological polar surface area (TPSA) is 121 Å². The first-order valence-electron chi connectivity index (χ1n) is 11.8. The maximum atomic E-state index is 13.0. The molecule has 0 radical (unpaired) electrons. The zero-order valence-corrected chi connectivity index (χ0v) is 19.9. The second-order valence-corrected chi connectivity index (χ2v) is 8.36. The highest BCUT2D eigenvalue weighted by atomic mass is 16.4. The van der Waals surface area contributed by atoms with Gasteiger partial charge in [-0.3, -0.25) is 4.79 Å². The molecule has 1 aromatic heterocycles. The molecule has 0 aliphatic carbocycles. The number of aromatic amines is 1. The van der Waals surface area contributed by atoms with Gasteiger partial charge in [0, 0.05) is 17.7 Å². The van der Waals surface area contributed by atoms with Gasteiger partial charge < -0.3 is 10.4 Å². The number of carboxylic acids is 1. The highest BCUT2D eigenvalue weighted by Gasteiger charge is 2.12. The SMILES string of the molecule is CCCC/C(=C\c1ccc(C(=O)O)cc1)C(=O)NCc1ccc(-c2ccccc2-c2nn[nH]n2)cc1. The van der Waals surface area contributed by atoms with Gasteiger partial charge in [-0.25, -0.2) is 4.79 Å². The van der Waals surface area contributed by atoms with E-state index < -0.39 is 5.97 Å². The van der Waals surface area contributed by atoms with Crippen LogP contribution in [0.15, 0.2) is 78.4 Å². The van der Waals surface area contributed by atoms with Crippen LogP contribution in [0.5, 0.6) is 0 Å². The van der Waals surface area contributed by atoms with Gasteiger partial charge in [0.15, 0.2) is 0 Å². The van der Waals surface area contributed by atoms with E-state index in [0.29, 0.717) is 24.4 Å². The molecular weight excluding hydrogens is 454 g/mol. The number of carbonyl (C=O) groups excluding carboxylic acids is 1. The van der Waals surface area contributed by atoms with Crippen LogP contribution in [0.4, 0.5) is 0 Å². The van der Waals surface area contributed by atoms with Crippen LogP contribution in [-0.2, 0) is 11.3 Å². The predicted molar refractivity (Wildman–Crippen MR) is 138 cm³/mol. The van der Waals surface area contributed by atoms with Crippen molar-refractivity contribution in [2.24, 2.45) is 0 Å². The number of hydrogen-bond acceptors (Lipinski definition) is 5. The Morgan fingerprint density at radius 3 is 2.33 bits per heavy atom. The molecular formula is C28H27N5O3. The molecule has 182 valence electrons. The van der Waals surface area contributed by atoms with E-state index in [9.17, 15) is 9.59 Å². The molecule has 36 heavy (non-hydrogen) atoms. The van der Waals surface area contributed by atoms with Crippen molar-refractivity contribution >= 4 is 18.0 Å². The number of benzene rings is 3. The van der Waals surface area contributed by atoms with Crippen LogP contribution >= 0.6 is 0 Å². The minimum atomic E-state index is -0.973. The normalized spacial score (nSPS) is 11.3. The van der Waals surface area contributed by atoms with E-state index in [1.807, 2.05) is 54.6 Å². The van der Waals surface area contributed by atoms with Gasteiger partial charge in [0.1, 0.15) is 0 Å². The van der Waals surface area contributed by atoms with E-state index >= 15 is 0 Å². The Kier molecular flexibility index (Phi) is 7.97. The van der Waals surface area contributed by atoms with Crippen LogP contribution in [0.2, 0.25) is 0 Å². The first kappa shape index (κ1) is 24.5. The summed E-state index contributed by atoms with van der Waals surface area (Å²) < 4.78 is 0. The molecule has 0 saturated heterocycles. The molecule has 3 aromatic carbocycles. The molecule has 3 N–H and O–H groups in total. The summed E-state index contributed by atoms with van der Waals surface area (Å²) in [5, 5.41) is 26.4. The summed E-state index contributed by atoms with van der Waals surface area (Å²) in [5.74, 6) is -0.568. The Labute approximate surface area is 209 Å². The van der Waals surface area contributed by atoms with Crippen LogP contribution in [-0.4, -0.2) is 37.6 Å². The van der Waals surface area contributed by atoms with Crippen LogP contribution in [0.3, 0.4) is 0 Å². The fourth-order valence-corrected chi connectivity index (χ4v) is 3.85. The molecule has 0 fully saturated rings. The zero-order chi connectivity index (χ0) is 25.3. The third-order valence-corrected chi connectivity index (χ3v) is 5.82. The number of carbonyl (C=O) groups is 2. The Morgan fingerprint density at radius 1 is 0.972 bits per heavy atom. The van der Waals surface area contributed by atoms with E-state index in [1.54, 1.807) is 24.3 Å². The number of tetrazole rings is 1. The monoisotopic (exact) mass is 481 g/mol. The van der Waals surface area contributed by atoms with Crippen molar-refractivity contribution in [3.8, 4) is 22.5 Å². The summed E-state index contributed by atoms with van der Waals surface area (Å²) in [4.78, 5) is 24.1. The van der Waals surface area contributed by atoms with Gasteiger partial charge in [0.25, 0.3) is 0 Å². The molecule has 0 aliphatic heterocycles. The minimum absolute atomic E-state index is 0.128. The molecule has 0 spiro atoms. The molecule has 4 aromatic rings. The second-order valence-electron chi connectivity index (χ2n) is 8.36. The third-order valence-electron chi connectivity index (χ3n) is 5.82. The molecule has 4 rings (SSSR count). The number of rotatable bonds is 10. The molecule has 0 saturated carbocycles. The minimum Gasteiger partial charge on any atom is -0.478 e. The lowest BCUT2D eigenvalue weighted by Gasteiger charge is -2.11. The molecule has 0 atom stereocenters. The highest BCUT2D eigenvalue weighted by Crippen LogP contribution is 2.29. The number of nitrogens with zero attached hydrogens (tertiary/aromatic N) is 3. The first-order chi connectivity index (χ1) is 17.5. The zero-order valence-electron chi connectivity index (χ0n) is 19.9. The van der Waals surface area contributed by atoms with E-state index in [2.05, 4.69) is 32.9 Å². The molecule has 8 heteroatoms. The summed E-state index contributed by atoms with van der Waals surface area (Å²) in [6.45, 7) is 2.47. The smallest absolute Gasteiger partial charge is 0.335 e. The van der Waals surface area contributed by atoms with Crippen LogP contribution in [0.1, 0.15) is 47.7 Å². The lowest BCUT2D eigenvalue weighted by molar-refractivity contribution is -0.117. The number of aromatic carboxylic acids is 1. The largest absolute Gasteiger partial charge is 0.478 e. The molecule has 0 bridgehead atoms. The van der Waals surface area contributed by atoms with Gasteiger partial charge in [0.05, 0.1) is 5.56 Å². The van der Waals surface area contributed by atoms with Crippen LogP contribution < -0.4 is 5.32 Å². The van der Waals surface area contributed by atoms with Gasteiger partial charge in [-0.1, -0.05) is 74.0 Å². The Balaban J connectivity index is 1.45. The number of amides is 1. The average molecular weight is 482 g/mol. The lowest BCUT2D eigenvalue weighted by Crippen LogP contribution is -2.24. The van der Waals surface area contributed by atoms with Crippen molar-refractivity contribution < 1.29 is 14.7 Å². The van der Waals surface area contributed by atoms with E-state index in [0.717, 1.165) is 40.7 Å². The number of aromatic nitrogens is 4. The van der Waals surface area contributed by atoms with Crippen LogP contribution in [0.25, 0.3) is 28.6 Å². The molecule has 0 aliphatic rings. The predicted octanol–water partition coefficient (Wildman–Crippen LogP) is 5.12. The molecule has 1 amide bonds. The third kappa shape index (κ3) is 6.09. The highest BCUT2D eigenvalue weighted by molar-refractivity contribution is 5.98. The van der Waals surface area contributed by atoms with E-state index in [4.69, 9.17) is 5.11 Å². The van der Waals surface area contributed by atoms with Crippen molar-refractivity contribution in [3.63, 3.8) is 0 Å². The summed E-state index contributed by atoms with van der Waals surface area (Å²) in [6.07, 6.45) is 4.33. The van der Waals surface area contributed by atoms with Gasteiger partial charge in [-0.2, -0.15) is 5.21 Å². The summed E-state index contributed by atoms with van der Waals surface area (Å²) in [7, 11) is 0. The lowest BCUT2D eigenvalue weighted by atomic mass is 9.98. The maximum Gasteiger partial charge on any atom is 0.335 e. The Bertz CT molecular complexity index is 1340. The Morgan fingerprint density at radius 2 is 1.69 bits per heavy atom. The summed E-state index contributed by atoms with van der Waals surface area (Å²) in [6, 6.07) is 22.4. The average Bonchev–Trinajstić information content (AvgIpc) is 3.45. The fraction of sp³-hybridized carbons (Fsp3) is 0.179. The van der Waals surface area contributed by atoms with Crippen molar-refractivity contribution in [3.05, 3.63) is 95.1 Å². The summed E-state index contributed by atoms with van der Waals surface area (Å²) >= 11 is 0. The summed E-state index contributed by atoms with van der Waals surface area (Å²) in [5.41, 5.74) is 5.55. The number of nitrogens with one attached hydrogen (secondary N) is 2. The van der Waals surface area contributed by atoms with Crippen molar-refractivity contribution in [1.82, 2.24) is 25.9 Å². The van der Waals surface area contributed by atoms with Gasteiger partial charge in [0.2, 0.25) is 11.7 Å². The molecule has 1 heterocycles. The van der Waals surface area contributed by atoms with Crippen molar-refractivity contribution in [2.75, 3.05) is 0 Å². The Hall–Kier alpha value is -4.59. The van der Waals surface area contributed by atoms with E-state index in [-0.39, 0.29) is 11.5 Å². The van der Waals surface area contributed by atoms with Crippen molar-refractivity contribution in [1.29, 1.82) is 0 Å². The van der Waals surface area contributed by atoms with Crippen LogP contribution in [0, 0.1) is 0 Å². The first-order valence-corrected chi connectivity index (χ1v) is 11.8. The fourth-order valence-electron chi connectivity index (χ4n) is 3.85. The number of H-pyrrole nitrogens is 1. The molecule has 0 unspecified atom stereocenters. The standard InChI is InChI=1S/C28H27N5O3/c1-2-3-6-23(17-19-9-15-22(16-10-19)28(35)36)27(34)29-18-20-11-13-21(14-12-20)24-7-4-5-8-25(24)26-30-32-33-31-26/h4-5,7-17H,2-3,6,18H2,1H3,(H,29,34)(H,35,36)(H,30,31,32,33)/b23-17+. The van der Waals surface area contributed by atoms with Crippen molar-refractivity contribution in [2.45, 2.75) is 32.7 Å². The number of carboxylic acid groups (broad SMARTS) is 1. The van der Waals surface area contributed by atoms with Gasteiger partial charge in [-0.15, -0.1) is 10.2 Å². The van der Waals surface area contributed by atoms with Gasteiger partial charge in [-0.05, 0) is 58.5 Å².